The summed E-state index contributed by atoms with van der Waals surface area (Å²) in [6.45, 7) is 0. The quantitative estimate of drug-likeness (QED) is 0.728. The van der Waals surface area contributed by atoms with E-state index in [9.17, 15) is 13.2 Å². The summed E-state index contributed by atoms with van der Waals surface area (Å²) in [6, 6.07) is 5.53. The molecule has 2 aromatic heterocycles. The summed E-state index contributed by atoms with van der Waals surface area (Å²) in [4.78, 5) is 10.7. The molecule has 0 aliphatic carbocycles. The molecule has 0 radical (unpaired) electrons. The Morgan fingerprint density at radius 3 is 2.68 bits per heavy atom. The molecule has 0 atom stereocenters. The summed E-state index contributed by atoms with van der Waals surface area (Å²) in [5.74, 6) is 0. The van der Waals surface area contributed by atoms with Crippen LogP contribution in [-0.2, 0) is 6.18 Å². The first kappa shape index (κ1) is 11.7. The van der Waals surface area contributed by atoms with Gasteiger partial charge in [0.25, 0.3) is 0 Å². The third-order valence-corrected chi connectivity index (χ3v) is 2.83. The molecule has 1 N–H and O–H groups in total. The van der Waals surface area contributed by atoms with Crippen LogP contribution in [0.4, 0.5) is 13.2 Å². The summed E-state index contributed by atoms with van der Waals surface area (Å²) >= 11 is 0. The molecule has 0 fully saturated rings. The van der Waals surface area contributed by atoms with Crippen molar-refractivity contribution in [3.63, 3.8) is 0 Å². The highest BCUT2D eigenvalue weighted by molar-refractivity contribution is 5.92. The van der Waals surface area contributed by atoms with Gasteiger partial charge in [-0.2, -0.15) is 13.2 Å². The van der Waals surface area contributed by atoms with Gasteiger partial charge in [0, 0.05) is 23.5 Å². The van der Waals surface area contributed by atoms with Crippen LogP contribution in [0.1, 0.15) is 5.56 Å². The van der Waals surface area contributed by atoms with Gasteiger partial charge in [-0.3, -0.25) is 4.98 Å². The smallest absolute Gasteiger partial charge is 0.344 e. The van der Waals surface area contributed by atoms with Crippen LogP contribution in [0.5, 0.6) is 0 Å². The molecule has 0 amide bonds. The number of imidazole rings is 1. The average molecular weight is 263 g/mol. The summed E-state index contributed by atoms with van der Waals surface area (Å²) in [5.41, 5.74) is 1.19. The minimum Gasteiger partial charge on any atom is -0.344 e. The standard InChI is InChI=1S/C13H8F3N3/c14-13(15,16)9-4-10(8-2-1-3-17-6-8)12-11(5-9)18-7-19-12/h1-7H,(H,18,19). The summed E-state index contributed by atoms with van der Waals surface area (Å²) < 4.78 is 38.6. The maximum absolute atomic E-state index is 12.9. The molecule has 1 aromatic carbocycles. The zero-order valence-electron chi connectivity index (χ0n) is 9.57. The number of H-pyrrole nitrogens is 1. The predicted octanol–water partition coefficient (Wildman–Crippen LogP) is 3.64. The number of nitrogens with zero attached hydrogens (tertiary/aromatic N) is 2. The van der Waals surface area contributed by atoms with Crippen molar-refractivity contribution in [3.8, 4) is 11.1 Å². The van der Waals surface area contributed by atoms with Crippen molar-refractivity contribution in [3.05, 3.63) is 48.5 Å². The number of hydrogen-bond acceptors (Lipinski definition) is 2. The molecule has 0 unspecified atom stereocenters. The summed E-state index contributed by atoms with van der Waals surface area (Å²) in [5, 5.41) is 0. The molecule has 19 heavy (non-hydrogen) atoms. The fraction of sp³-hybridized carbons (Fsp3) is 0.0769. The Kier molecular flexibility index (Phi) is 2.51. The lowest BCUT2D eigenvalue weighted by Gasteiger charge is -2.10. The first-order valence-electron chi connectivity index (χ1n) is 5.50. The van der Waals surface area contributed by atoms with Crippen molar-refractivity contribution in [1.29, 1.82) is 0 Å². The second-order valence-electron chi connectivity index (χ2n) is 4.06. The molecule has 0 aliphatic heterocycles. The Labute approximate surface area is 106 Å². The van der Waals surface area contributed by atoms with Crippen LogP contribution in [0.25, 0.3) is 22.2 Å². The third-order valence-electron chi connectivity index (χ3n) is 2.83. The van der Waals surface area contributed by atoms with Gasteiger partial charge in [0.2, 0.25) is 0 Å². The first-order valence-corrected chi connectivity index (χ1v) is 5.50. The molecule has 0 saturated heterocycles. The van der Waals surface area contributed by atoms with Crippen LogP contribution in [0.3, 0.4) is 0 Å². The highest BCUT2D eigenvalue weighted by Gasteiger charge is 2.31. The molecule has 0 spiro atoms. The highest BCUT2D eigenvalue weighted by atomic mass is 19.4. The van der Waals surface area contributed by atoms with Crippen LogP contribution in [0.15, 0.2) is 43.0 Å². The van der Waals surface area contributed by atoms with Gasteiger partial charge in [-0.15, -0.1) is 0 Å². The molecule has 0 aliphatic rings. The molecule has 2 heterocycles. The topological polar surface area (TPSA) is 41.6 Å². The van der Waals surface area contributed by atoms with Gasteiger partial charge in [0.05, 0.1) is 22.9 Å². The lowest BCUT2D eigenvalue weighted by Crippen LogP contribution is -2.05. The van der Waals surface area contributed by atoms with Gasteiger partial charge >= 0.3 is 6.18 Å². The van der Waals surface area contributed by atoms with Crippen molar-refractivity contribution in [1.82, 2.24) is 15.0 Å². The van der Waals surface area contributed by atoms with Crippen molar-refractivity contribution in [2.45, 2.75) is 6.18 Å². The van der Waals surface area contributed by atoms with Gasteiger partial charge in [-0.1, -0.05) is 6.07 Å². The minimum atomic E-state index is -4.40. The second kappa shape index (κ2) is 4.08. The number of aromatic nitrogens is 3. The van der Waals surface area contributed by atoms with E-state index in [1.54, 1.807) is 18.3 Å². The summed E-state index contributed by atoms with van der Waals surface area (Å²) in [6.07, 6.45) is 0.0752. The Morgan fingerprint density at radius 2 is 2.00 bits per heavy atom. The lowest BCUT2D eigenvalue weighted by molar-refractivity contribution is -0.137. The van der Waals surface area contributed by atoms with Gasteiger partial charge in [0.15, 0.2) is 0 Å². The molecule has 0 bridgehead atoms. The number of aromatic amines is 1. The number of benzene rings is 1. The maximum atomic E-state index is 12.9. The number of nitrogens with one attached hydrogen (secondary N) is 1. The maximum Gasteiger partial charge on any atom is 0.416 e. The predicted molar refractivity (Wildman–Crippen MR) is 64.3 cm³/mol. The molecular formula is C13H8F3N3. The largest absolute Gasteiger partial charge is 0.416 e. The number of pyridine rings is 1. The third kappa shape index (κ3) is 2.05. The molecule has 3 nitrogen and oxygen atoms in total. The summed E-state index contributed by atoms with van der Waals surface area (Å²) in [7, 11) is 0. The molecule has 0 saturated carbocycles. The van der Waals surface area contributed by atoms with E-state index in [2.05, 4.69) is 15.0 Å². The average Bonchev–Trinajstić information content (AvgIpc) is 2.85. The van der Waals surface area contributed by atoms with E-state index in [4.69, 9.17) is 0 Å². The fourth-order valence-corrected chi connectivity index (χ4v) is 1.96. The van der Waals surface area contributed by atoms with E-state index in [0.717, 1.165) is 12.1 Å². The second-order valence-corrected chi connectivity index (χ2v) is 4.06. The van der Waals surface area contributed by atoms with Gasteiger partial charge < -0.3 is 4.98 Å². The van der Waals surface area contributed by atoms with E-state index in [0.29, 0.717) is 16.6 Å². The lowest BCUT2D eigenvalue weighted by atomic mass is 10.0. The molecule has 96 valence electrons. The van der Waals surface area contributed by atoms with Gasteiger partial charge in [-0.05, 0) is 18.2 Å². The monoisotopic (exact) mass is 263 g/mol. The van der Waals surface area contributed by atoms with Crippen molar-refractivity contribution >= 4 is 11.0 Å². The Balaban J connectivity index is 2.31. The Morgan fingerprint density at radius 1 is 1.16 bits per heavy atom. The molecule has 3 aromatic rings. The normalized spacial score (nSPS) is 11.9. The van der Waals surface area contributed by atoms with Gasteiger partial charge in [0.1, 0.15) is 0 Å². The number of halogens is 3. The van der Waals surface area contributed by atoms with Crippen LogP contribution >= 0.6 is 0 Å². The van der Waals surface area contributed by atoms with E-state index < -0.39 is 11.7 Å². The van der Waals surface area contributed by atoms with Crippen molar-refractivity contribution in [2.75, 3.05) is 0 Å². The van der Waals surface area contributed by atoms with E-state index in [-0.39, 0.29) is 5.52 Å². The van der Waals surface area contributed by atoms with Crippen LogP contribution < -0.4 is 0 Å². The SMILES string of the molecule is FC(F)(F)c1cc(-c2cccnc2)c2[nH]cnc2c1. The van der Waals surface area contributed by atoms with E-state index in [1.807, 2.05) is 0 Å². The number of rotatable bonds is 1. The van der Waals surface area contributed by atoms with E-state index >= 15 is 0 Å². The number of hydrogen-bond donors (Lipinski definition) is 1. The van der Waals surface area contributed by atoms with E-state index in [1.165, 1.54) is 12.5 Å². The van der Waals surface area contributed by atoms with Crippen molar-refractivity contribution < 1.29 is 13.2 Å². The first-order chi connectivity index (χ1) is 9.05. The molecule has 3 rings (SSSR count). The Hall–Kier alpha value is -2.37. The van der Waals surface area contributed by atoms with Crippen molar-refractivity contribution in [2.24, 2.45) is 0 Å². The zero-order valence-corrected chi connectivity index (χ0v) is 9.57. The molecule has 6 heteroatoms. The number of alkyl halides is 3. The Bertz CT molecular complexity index is 717. The fourth-order valence-electron chi connectivity index (χ4n) is 1.96. The number of fused-ring (bicyclic) bond motifs is 1. The minimum absolute atomic E-state index is 0.286. The van der Waals surface area contributed by atoms with Crippen LogP contribution in [0, 0.1) is 0 Å². The highest BCUT2D eigenvalue weighted by Crippen LogP contribution is 2.35. The van der Waals surface area contributed by atoms with Crippen LogP contribution in [0.2, 0.25) is 0 Å². The van der Waals surface area contributed by atoms with Crippen LogP contribution in [-0.4, -0.2) is 15.0 Å². The van der Waals surface area contributed by atoms with Gasteiger partial charge in [-0.25, -0.2) is 4.98 Å². The zero-order chi connectivity index (χ0) is 13.5. The molecular weight excluding hydrogens is 255 g/mol.